The van der Waals surface area contributed by atoms with Crippen LogP contribution in [-0.4, -0.2) is 19.3 Å². The summed E-state index contributed by atoms with van der Waals surface area (Å²) < 4.78 is 12.9. The van der Waals surface area contributed by atoms with Crippen LogP contribution in [0.5, 0.6) is 0 Å². The second kappa shape index (κ2) is 10.0. The Hall–Kier alpha value is -0.455. The lowest BCUT2D eigenvalue weighted by molar-refractivity contribution is 0.129. The molecule has 0 amide bonds. The smallest absolute Gasteiger partial charge is 0.409 e. The van der Waals surface area contributed by atoms with Gasteiger partial charge in [-0.2, -0.15) is 0 Å². The van der Waals surface area contributed by atoms with Crippen molar-refractivity contribution in [3.05, 3.63) is 57.5 Å². The molecule has 2 nitrogen and oxygen atoms in total. The lowest BCUT2D eigenvalue weighted by Crippen LogP contribution is -2.32. The van der Waals surface area contributed by atoms with Gasteiger partial charge in [0.15, 0.2) is 0 Å². The summed E-state index contributed by atoms with van der Waals surface area (Å²) in [6.45, 7) is 8.10. The Labute approximate surface area is 168 Å². The lowest BCUT2D eigenvalue weighted by Gasteiger charge is -2.20. The van der Waals surface area contributed by atoms with E-state index in [0.717, 1.165) is 14.4 Å². The Morgan fingerprint density at radius 2 is 1.52 bits per heavy atom. The van der Waals surface area contributed by atoms with Gasteiger partial charge in [-0.15, -0.1) is 0 Å². The summed E-state index contributed by atoms with van der Waals surface area (Å²) >= 11 is 11.3. The number of benzene rings is 2. The first kappa shape index (κ1) is 20.9. The summed E-state index contributed by atoms with van der Waals surface area (Å²) in [4.78, 5) is 2.33. The van der Waals surface area contributed by atoms with E-state index < -0.39 is 0 Å². The first-order chi connectivity index (χ1) is 11.8. The summed E-state index contributed by atoms with van der Waals surface area (Å²) in [5.41, 5.74) is 1.17. The molecule has 0 aliphatic rings. The molecule has 0 aromatic heterocycles. The van der Waals surface area contributed by atoms with Gasteiger partial charge in [-0.05, 0) is 69.7 Å². The fourth-order valence-corrected chi connectivity index (χ4v) is 3.99. The molecular weight excluding hydrogens is 418 g/mol. The van der Waals surface area contributed by atoms with Crippen LogP contribution in [-0.2, 0) is 15.6 Å². The minimum atomic E-state index is -0.244. The van der Waals surface area contributed by atoms with E-state index in [1.807, 2.05) is 52.0 Å². The quantitative estimate of drug-likeness (QED) is 0.426. The largest absolute Gasteiger partial charge is 0.461 e. The highest BCUT2D eigenvalue weighted by Gasteiger charge is 2.23. The molecule has 0 aliphatic carbocycles. The molecule has 0 aliphatic heterocycles. The molecule has 2 aromatic carbocycles. The predicted molar refractivity (Wildman–Crippen MR) is 112 cm³/mol. The normalized spacial score (nSPS) is 11.4. The summed E-state index contributed by atoms with van der Waals surface area (Å²) in [6, 6.07) is 14.3. The molecule has 25 heavy (non-hydrogen) atoms. The number of hydrogen-bond acceptors (Lipinski definition) is 3. The van der Waals surface area contributed by atoms with E-state index in [9.17, 15) is 0 Å². The molecule has 0 saturated carbocycles. The molecule has 0 radical (unpaired) electrons. The second-order valence-corrected chi connectivity index (χ2v) is 8.75. The third-order valence-corrected chi connectivity index (χ3v) is 5.30. The maximum absolute atomic E-state index is 5.94. The van der Waals surface area contributed by atoms with Crippen LogP contribution in [0.2, 0.25) is 5.02 Å². The summed E-state index contributed by atoms with van der Waals surface area (Å²) in [5, 5.41) is 0.752. The molecule has 0 fully saturated rings. The molecule has 0 bridgehead atoms. The van der Waals surface area contributed by atoms with Crippen molar-refractivity contribution in [3.63, 3.8) is 0 Å². The van der Waals surface area contributed by atoms with Gasteiger partial charge in [-0.25, -0.2) is 0 Å². The van der Waals surface area contributed by atoms with Crippen LogP contribution in [0.3, 0.4) is 0 Å². The zero-order valence-corrected chi connectivity index (χ0v) is 18.1. The van der Waals surface area contributed by atoms with E-state index in [2.05, 4.69) is 34.1 Å². The van der Waals surface area contributed by atoms with Crippen LogP contribution in [0.25, 0.3) is 0 Å². The van der Waals surface area contributed by atoms with Crippen LogP contribution in [0.15, 0.2) is 56.7 Å². The fraction of sp³-hybridized carbons (Fsp3) is 0.368. The molecule has 0 saturated heterocycles. The lowest BCUT2D eigenvalue weighted by atomic mass is 9.80. The SMILES string of the molecule is CC(C)OB(Cc1ccc(Sc2ccc(Cl)cc2)cc1Br)OC(C)C. The summed E-state index contributed by atoms with van der Waals surface area (Å²) in [7, 11) is -0.244. The molecule has 2 aromatic rings. The second-order valence-electron chi connectivity index (χ2n) is 6.31. The van der Waals surface area contributed by atoms with Gasteiger partial charge in [0.05, 0.1) is 0 Å². The Kier molecular flexibility index (Phi) is 8.36. The first-order valence-corrected chi connectivity index (χ1v) is 10.3. The number of hydrogen-bond donors (Lipinski definition) is 0. The van der Waals surface area contributed by atoms with E-state index >= 15 is 0 Å². The maximum Gasteiger partial charge on any atom is 0.461 e. The van der Waals surface area contributed by atoms with Gasteiger partial charge in [-0.3, -0.25) is 0 Å². The van der Waals surface area contributed by atoms with Crippen molar-refractivity contribution in [2.75, 3.05) is 0 Å². The van der Waals surface area contributed by atoms with Gasteiger partial charge >= 0.3 is 7.12 Å². The van der Waals surface area contributed by atoms with Gasteiger partial charge in [0, 0.05) is 37.8 Å². The number of halogens is 2. The van der Waals surface area contributed by atoms with Crippen molar-refractivity contribution in [1.29, 1.82) is 0 Å². The highest BCUT2D eigenvalue weighted by Crippen LogP contribution is 2.32. The van der Waals surface area contributed by atoms with Crippen LogP contribution in [0.1, 0.15) is 33.3 Å². The Balaban J connectivity index is 2.07. The molecule has 0 unspecified atom stereocenters. The maximum atomic E-state index is 5.94. The van der Waals surface area contributed by atoms with Gasteiger partial charge in [-0.1, -0.05) is 45.4 Å². The van der Waals surface area contributed by atoms with E-state index in [-0.39, 0.29) is 19.3 Å². The van der Waals surface area contributed by atoms with Gasteiger partial charge in [0.1, 0.15) is 0 Å². The van der Waals surface area contributed by atoms with Crippen LogP contribution in [0.4, 0.5) is 0 Å². The predicted octanol–water partition coefficient (Wildman–Crippen LogP) is 6.67. The Morgan fingerprint density at radius 1 is 0.960 bits per heavy atom. The van der Waals surface area contributed by atoms with Crippen molar-refractivity contribution >= 4 is 46.4 Å². The van der Waals surface area contributed by atoms with Crippen molar-refractivity contribution in [1.82, 2.24) is 0 Å². The average molecular weight is 442 g/mol. The molecule has 6 heteroatoms. The minimum Gasteiger partial charge on any atom is -0.409 e. The third kappa shape index (κ3) is 7.36. The zero-order valence-electron chi connectivity index (χ0n) is 15.0. The van der Waals surface area contributed by atoms with E-state index in [0.29, 0.717) is 6.32 Å². The molecule has 2 rings (SSSR count). The third-order valence-electron chi connectivity index (χ3n) is 3.31. The zero-order chi connectivity index (χ0) is 18.4. The summed E-state index contributed by atoms with van der Waals surface area (Å²) in [6.07, 6.45) is 0.965. The fourth-order valence-electron chi connectivity index (χ4n) is 2.31. The van der Waals surface area contributed by atoms with Gasteiger partial charge in [0.25, 0.3) is 0 Å². The topological polar surface area (TPSA) is 18.5 Å². The van der Waals surface area contributed by atoms with Gasteiger partial charge in [0.2, 0.25) is 0 Å². The highest BCUT2D eigenvalue weighted by molar-refractivity contribution is 9.10. The van der Waals surface area contributed by atoms with E-state index in [4.69, 9.17) is 20.9 Å². The summed E-state index contributed by atoms with van der Waals surface area (Å²) in [5.74, 6) is 0. The van der Waals surface area contributed by atoms with Crippen molar-refractivity contribution in [3.8, 4) is 0 Å². The van der Waals surface area contributed by atoms with Crippen molar-refractivity contribution in [2.45, 2.75) is 56.0 Å². The Morgan fingerprint density at radius 3 is 2.04 bits per heavy atom. The highest BCUT2D eigenvalue weighted by atomic mass is 79.9. The molecule has 0 atom stereocenters. The van der Waals surface area contributed by atoms with Gasteiger partial charge < -0.3 is 9.31 Å². The van der Waals surface area contributed by atoms with E-state index in [1.54, 1.807) is 11.8 Å². The van der Waals surface area contributed by atoms with Crippen molar-refractivity contribution in [2.24, 2.45) is 0 Å². The monoisotopic (exact) mass is 440 g/mol. The van der Waals surface area contributed by atoms with Crippen molar-refractivity contribution < 1.29 is 9.31 Å². The average Bonchev–Trinajstić information content (AvgIpc) is 2.51. The van der Waals surface area contributed by atoms with Crippen LogP contribution in [0, 0.1) is 0 Å². The molecule has 0 spiro atoms. The molecular formula is C19H23BBrClO2S. The van der Waals surface area contributed by atoms with Crippen LogP contribution < -0.4 is 0 Å². The molecule has 0 N–H and O–H groups in total. The van der Waals surface area contributed by atoms with Crippen LogP contribution >= 0.6 is 39.3 Å². The standard InChI is InChI=1S/C19H23BBrClO2S/c1-13(2)23-20(24-14(3)4)12-15-5-8-18(11-19(15)21)25-17-9-6-16(22)7-10-17/h5-11,13-14H,12H2,1-4H3. The minimum absolute atomic E-state index is 0.127. The first-order valence-electron chi connectivity index (χ1n) is 8.36. The molecule has 134 valence electrons. The number of rotatable bonds is 8. The Bertz CT molecular complexity index is 670. The molecule has 0 heterocycles. The van der Waals surface area contributed by atoms with E-state index in [1.165, 1.54) is 10.5 Å².